The monoisotopic (exact) mass is 210 g/mol. The van der Waals surface area contributed by atoms with E-state index in [1.54, 1.807) is 12.5 Å². The molecule has 1 aliphatic heterocycles. The summed E-state index contributed by atoms with van der Waals surface area (Å²) < 4.78 is 0. The summed E-state index contributed by atoms with van der Waals surface area (Å²) in [4.78, 5) is 9.90. The zero-order chi connectivity index (χ0) is 9.97. The third-order valence-electron chi connectivity index (χ3n) is 2.59. The lowest BCUT2D eigenvalue weighted by atomic mass is 10.2. The molecule has 0 spiro atoms. The average Bonchev–Trinajstić information content (AvgIpc) is 2.75. The molecule has 1 aromatic heterocycles. The molecular weight excluding hydrogens is 196 g/mol. The smallest absolute Gasteiger partial charge is 0.102 e. The van der Waals surface area contributed by atoms with Crippen molar-refractivity contribution in [2.45, 2.75) is 18.9 Å². The predicted molar refractivity (Wildman–Crippen MR) is 58.9 cm³/mol. The first-order valence-electron chi connectivity index (χ1n) is 4.80. The summed E-state index contributed by atoms with van der Waals surface area (Å²) in [6.45, 7) is 2.14. The van der Waals surface area contributed by atoms with Gasteiger partial charge in [0.1, 0.15) is 6.04 Å². The van der Waals surface area contributed by atoms with Gasteiger partial charge in [0.25, 0.3) is 0 Å². The first kappa shape index (κ1) is 9.61. The highest BCUT2D eigenvalue weighted by Crippen LogP contribution is 2.23. The van der Waals surface area contributed by atoms with E-state index in [1.165, 1.54) is 12.8 Å². The van der Waals surface area contributed by atoms with Crippen molar-refractivity contribution in [1.82, 2.24) is 14.9 Å². The lowest BCUT2D eigenvalue weighted by Crippen LogP contribution is -2.35. The molecule has 0 aromatic carbocycles. The zero-order valence-corrected chi connectivity index (χ0v) is 8.76. The average molecular weight is 210 g/mol. The first-order valence-corrected chi connectivity index (χ1v) is 5.21. The molecule has 1 atom stereocenters. The van der Waals surface area contributed by atoms with Crippen LogP contribution < -0.4 is 5.73 Å². The molecule has 3 N–H and O–H groups in total. The number of nitrogens with zero attached hydrogens (tertiary/aromatic N) is 2. The molecule has 0 radical (unpaired) electrons. The second-order valence-electron chi connectivity index (χ2n) is 3.55. The Morgan fingerprint density at radius 3 is 2.79 bits per heavy atom. The Bertz CT molecular complexity index is 303. The van der Waals surface area contributed by atoms with Crippen LogP contribution in [-0.2, 0) is 0 Å². The Kier molecular flexibility index (Phi) is 2.79. The van der Waals surface area contributed by atoms with Crippen molar-refractivity contribution < 1.29 is 0 Å². The molecule has 0 aliphatic carbocycles. The third kappa shape index (κ3) is 1.78. The number of aromatic amines is 1. The van der Waals surface area contributed by atoms with E-state index < -0.39 is 0 Å². The Hall–Kier alpha value is -0.940. The lowest BCUT2D eigenvalue weighted by Gasteiger charge is -2.25. The SMILES string of the molecule is NC(=S)C(c1cnc[nH]1)N1CCCC1. The maximum atomic E-state index is 5.75. The molecule has 14 heavy (non-hydrogen) atoms. The summed E-state index contributed by atoms with van der Waals surface area (Å²) in [5.74, 6) is 0. The van der Waals surface area contributed by atoms with E-state index in [9.17, 15) is 0 Å². The van der Waals surface area contributed by atoms with Crippen molar-refractivity contribution in [3.63, 3.8) is 0 Å². The molecule has 1 saturated heterocycles. The third-order valence-corrected chi connectivity index (χ3v) is 2.81. The molecule has 5 heteroatoms. The van der Waals surface area contributed by atoms with E-state index in [-0.39, 0.29) is 6.04 Å². The lowest BCUT2D eigenvalue weighted by molar-refractivity contribution is 0.301. The fourth-order valence-electron chi connectivity index (χ4n) is 1.95. The van der Waals surface area contributed by atoms with Crippen molar-refractivity contribution in [1.29, 1.82) is 0 Å². The maximum absolute atomic E-state index is 5.75. The van der Waals surface area contributed by atoms with Gasteiger partial charge in [0, 0.05) is 6.20 Å². The molecule has 0 saturated carbocycles. The molecule has 2 heterocycles. The number of nitrogens with one attached hydrogen (secondary N) is 1. The van der Waals surface area contributed by atoms with Gasteiger partial charge in [-0.2, -0.15) is 0 Å². The molecule has 1 fully saturated rings. The zero-order valence-electron chi connectivity index (χ0n) is 7.94. The van der Waals surface area contributed by atoms with Gasteiger partial charge in [-0.3, -0.25) is 4.90 Å². The van der Waals surface area contributed by atoms with E-state index in [2.05, 4.69) is 14.9 Å². The second kappa shape index (κ2) is 4.06. The van der Waals surface area contributed by atoms with Gasteiger partial charge in [-0.05, 0) is 25.9 Å². The van der Waals surface area contributed by atoms with Gasteiger partial charge >= 0.3 is 0 Å². The van der Waals surface area contributed by atoms with Crippen LogP contribution in [0.15, 0.2) is 12.5 Å². The number of hydrogen-bond acceptors (Lipinski definition) is 3. The standard InChI is InChI=1S/C9H14N4S/c10-9(14)8(7-5-11-6-12-7)13-3-1-2-4-13/h5-6,8H,1-4H2,(H2,10,14)(H,11,12). The number of aromatic nitrogens is 2. The largest absolute Gasteiger partial charge is 0.392 e. The second-order valence-corrected chi connectivity index (χ2v) is 4.03. The van der Waals surface area contributed by atoms with Crippen molar-refractivity contribution in [2.75, 3.05) is 13.1 Å². The van der Waals surface area contributed by atoms with Crippen molar-refractivity contribution >= 4 is 17.2 Å². The van der Waals surface area contributed by atoms with Gasteiger partial charge in [0.15, 0.2) is 0 Å². The van der Waals surface area contributed by atoms with Crippen LogP contribution in [0.5, 0.6) is 0 Å². The number of H-pyrrole nitrogens is 1. The van der Waals surface area contributed by atoms with E-state index in [0.717, 1.165) is 18.8 Å². The van der Waals surface area contributed by atoms with Crippen LogP contribution in [0.25, 0.3) is 0 Å². The number of hydrogen-bond donors (Lipinski definition) is 2. The number of imidazole rings is 1. The molecule has 1 aromatic rings. The van der Waals surface area contributed by atoms with Crippen molar-refractivity contribution in [2.24, 2.45) is 5.73 Å². The fourth-order valence-corrected chi connectivity index (χ4v) is 2.22. The number of likely N-dealkylation sites (tertiary alicyclic amines) is 1. The Morgan fingerprint density at radius 2 is 2.29 bits per heavy atom. The van der Waals surface area contributed by atoms with Gasteiger partial charge in [0.2, 0.25) is 0 Å². The topological polar surface area (TPSA) is 57.9 Å². The number of rotatable bonds is 3. The van der Waals surface area contributed by atoms with Gasteiger partial charge in [0.05, 0.1) is 17.0 Å². The van der Waals surface area contributed by atoms with Gasteiger partial charge in [-0.15, -0.1) is 0 Å². The van der Waals surface area contributed by atoms with Gasteiger partial charge in [-0.1, -0.05) is 12.2 Å². The van der Waals surface area contributed by atoms with Crippen molar-refractivity contribution in [3.05, 3.63) is 18.2 Å². The molecule has 1 unspecified atom stereocenters. The van der Waals surface area contributed by atoms with Crippen LogP contribution in [-0.4, -0.2) is 32.9 Å². The van der Waals surface area contributed by atoms with Crippen LogP contribution in [0.3, 0.4) is 0 Å². The summed E-state index contributed by atoms with van der Waals surface area (Å²) in [5.41, 5.74) is 6.75. The van der Waals surface area contributed by atoms with E-state index in [1.807, 2.05) is 0 Å². The summed E-state index contributed by atoms with van der Waals surface area (Å²) in [6, 6.07) is 0.0370. The minimum absolute atomic E-state index is 0.0370. The van der Waals surface area contributed by atoms with Crippen LogP contribution >= 0.6 is 12.2 Å². The van der Waals surface area contributed by atoms with Crippen LogP contribution in [0, 0.1) is 0 Å². The van der Waals surface area contributed by atoms with Crippen molar-refractivity contribution in [3.8, 4) is 0 Å². The predicted octanol–water partition coefficient (Wildman–Crippen LogP) is 0.833. The van der Waals surface area contributed by atoms with E-state index in [4.69, 9.17) is 18.0 Å². The van der Waals surface area contributed by atoms with Gasteiger partial charge in [-0.25, -0.2) is 4.98 Å². The minimum atomic E-state index is 0.0370. The highest BCUT2D eigenvalue weighted by Gasteiger charge is 2.26. The number of nitrogens with two attached hydrogens (primary N) is 1. The minimum Gasteiger partial charge on any atom is -0.392 e. The summed E-state index contributed by atoms with van der Waals surface area (Å²) in [7, 11) is 0. The normalized spacial score (nSPS) is 19.7. The van der Waals surface area contributed by atoms with Crippen LogP contribution in [0.1, 0.15) is 24.6 Å². The van der Waals surface area contributed by atoms with Crippen LogP contribution in [0.2, 0.25) is 0 Å². The Labute approximate surface area is 88.5 Å². The fraction of sp³-hybridized carbons (Fsp3) is 0.556. The van der Waals surface area contributed by atoms with E-state index >= 15 is 0 Å². The molecule has 2 rings (SSSR count). The molecule has 0 amide bonds. The summed E-state index contributed by atoms with van der Waals surface area (Å²) in [5, 5.41) is 0. The molecule has 0 bridgehead atoms. The number of thiocarbonyl (C=S) groups is 1. The molecule has 1 aliphatic rings. The highest BCUT2D eigenvalue weighted by molar-refractivity contribution is 7.80. The Balaban J connectivity index is 2.19. The van der Waals surface area contributed by atoms with Crippen LogP contribution in [0.4, 0.5) is 0 Å². The first-order chi connectivity index (χ1) is 6.79. The summed E-state index contributed by atoms with van der Waals surface area (Å²) in [6.07, 6.45) is 5.92. The molecule has 4 nitrogen and oxygen atoms in total. The molecular formula is C9H14N4S. The maximum Gasteiger partial charge on any atom is 0.102 e. The Morgan fingerprint density at radius 1 is 1.57 bits per heavy atom. The highest BCUT2D eigenvalue weighted by atomic mass is 32.1. The van der Waals surface area contributed by atoms with Gasteiger partial charge < -0.3 is 10.7 Å². The summed E-state index contributed by atoms with van der Waals surface area (Å²) >= 11 is 5.09. The quantitative estimate of drug-likeness (QED) is 0.726. The molecule has 76 valence electrons. The van der Waals surface area contributed by atoms with E-state index in [0.29, 0.717) is 4.99 Å².